The standard InChI is InChI=1S/C3H7NO2.Na/c4-3(6)1-2-5;/h5H,1-2H2,(H2,4,6);. The van der Waals surface area contributed by atoms with Crippen molar-refractivity contribution in [3.8, 4) is 0 Å². The second-order valence-corrected chi connectivity index (χ2v) is 0.940. The summed E-state index contributed by atoms with van der Waals surface area (Å²) in [6, 6.07) is 0. The Morgan fingerprint density at radius 3 is 2.14 bits per heavy atom. The predicted octanol–water partition coefficient (Wildman–Crippen LogP) is -1.53. The third-order valence-electron chi connectivity index (χ3n) is 0.358. The number of aliphatic hydroxyl groups is 1. The van der Waals surface area contributed by atoms with Crippen molar-refractivity contribution in [3.63, 3.8) is 0 Å². The molecule has 0 unspecified atom stereocenters. The fourth-order valence-electron chi connectivity index (χ4n) is 0.110. The van der Waals surface area contributed by atoms with Crippen LogP contribution in [0.4, 0.5) is 0 Å². The van der Waals surface area contributed by atoms with E-state index in [0.717, 1.165) is 0 Å². The van der Waals surface area contributed by atoms with Gasteiger partial charge in [0, 0.05) is 36.0 Å². The van der Waals surface area contributed by atoms with Crippen molar-refractivity contribution in [1.29, 1.82) is 0 Å². The largest absolute Gasteiger partial charge is 0.396 e. The summed E-state index contributed by atoms with van der Waals surface area (Å²) in [7, 11) is 0. The number of nitrogens with two attached hydrogens (primary N) is 1. The van der Waals surface area contributed by atoms with Crippen molar-refractivity contribution in [2.24, 2.45) is 5.73 Å². The second-order valence-electron chi connectivity index (χ2n) is 0.940. The number of aliphatic hydroxyl groups excluding tert-OH is 1. The molecule has 4 heteroatoms. The Bertz CT molecular complexity index is 56.9. The van der Waals surface area contributed by atoms with Gasteiger partial charge in [-0.15, -0.1) is 0 Å². The molecule has 1 amide bonds. The molecule has 0 spiro atoms. The Hall–Kier alpha value is 0.430. The number of primary amides is 1. The van der Waals surface area contributed by atoms with Gasteiger partial charge in [-0.05, 0) is 0 Å². The molecule has 0 aliphatic carbocycles. The molecule has 0 aromatic heterocycles. The molecule has 3 nitrogen and oxygen atoms in total. The van der Waals surface area contributed by atoms with Crippen molar-refractivity contribution in [2.75, 3.05) is 6.61 Å². The average molecular weight is 112 g/mol. The fourth-order valence-corrected chi connectivity index (χ4v) is 0.110. The van der Waals surface area contributed by atoms with Gasteiger partial charge in [0.05, 0.1) is 6.61 Å². The minimum atomic E-state index is -0.461. The summed E-state index contributed by atoms with van der Waals surface area (Å²) in [6.45, 7) is -0.144. The van der Waals surface area contributed by atoms with Crippen molar-refractivity contribution in [2.45, 2.75) is 6.42 Å². The van der Waals surface area contributed by atoms with Crippen LogP contribution in [-0.4, -0.2) is 47.2 Å². The first-order valence-electron chi connectivity index (χ1n) is 1.66. The SMILES string of the molecule is NC(=O)CCO.[Na]. The van der Waals surface area contributed by atoms with E-state index >= 15 is 0 Å². The third-order valence-corrected chi connectivity index (χ3v) is 0.358. The number of rotatable bonds is 2. The van der Waals surface area contributed by atoms with Crippen molar-refractivity contribution in [1.82, 2.24) is 0 Å². The van der Waals surface area contributed by atoms with Crippen LogP contribution in [0.15, 0.2) is 0 Å². The molecule has 0 heterocycles. The van der Waals surface area contributed by atoms with Gasteiger partial charge in [0.1, 0.15) is 0 Å². The minimum absolute atomic E-state index is 0. The predicted molar refractivity (Wildman–Crippen MR) is 26.7 cm³/mol. The molecule has 7 heavy (non-hydrogen) atoms. The maximum Gasteiger partial charge on any atom is 0.219 e. The normalized spacial score (nSPS) is 7.00. The molecule has 0 saturated carbocycles. The van der Waals surface area contributed by atoms with Gasteiger partial charge in [-0.1, -0.05) is 0 Å². The van der Waals surface area contributed by atoms with Gasteiger partial charge in [-0.2, -0.15) is 0 Å². The van der Waals surface area contributed by atoms with Crippen LogP contribution in [-0.2, 0) is 4.79 Å². The molecular weight excluding hydrogens is 105 g/mol. The van der Waals surface area contributed by atoms with E-state index in [4.69, 9.17) is 5.11 Å². The van der Waals surface area contributed by atoms with Gasteiger partial charge in [0.25, 0.3) is 0 Å². The van der Waals surface area contributed by atoms with E-state index < -0.39 is 5.91 Å². The van der Waals surface area contributed by atoms with Crippen LogP contribution in [0.25, 0.3) is 0 Å². The van der Waals surface area contributed by atoms with Gasteiger partial charge in [-0.3, -0.25) is 4.79 Å². The van der Waals surface area contributed by atoms with E-state index in [1.807, 2.05) is 0 Å². The van der Waals surface area contributed by atoms with Crippen LogP contribution < -0.4 is 5.73 Å². The molecule has 37 valence electrons. The molecule has 0 bridgehead atoms. The number of amides is 1. The Morgan fingerprint density at radius 1 is 1.71 bits per heavy atom. The zero-order valence-electron chi connectivity index (χ0n) is 4.35. The van der Waals surface area contributed by atoms with E-state index in [-0.39, 0.29) is 42.6 Å². The van der Waals surface area contributed by atoms with Crippen LogP contribution in [0, 0.1) is 0 Å². The molecule has 0 fully saturated rings. The summed E-state index contributed by atoms with van der Waals surface area (Å²) in [5, 5.41) is 7.94. The van der Waals surface area contributed by atoms with Crippen LogP contribution in [0.5, 0.6) is 0 Å². The monoisotopic (exact) mass is 112 g/mol. The fraction of sp³-hybridized carbons (Fsp3) is 0.667. The first-order chi connectivity index (χ1) is 2.77. The summed E-state index contributed by atoms with van der Waals surface area (Å²) in [5.74, 6) is -0.461. The summed E-state index contributed by atoms with van der Waals surface area (Å²) in [5.41, 5.74) is 4.60. The molecule has 0 aliphatic rings. The van der Waals surface area contributed by atoms with Gasteiger partial charge in [-0.25, -0.2) is 0 Å². The zero-order chi connectivity index (χ0) is 4.99. The molecular formula is C3H7NNaO2. The molecule has 0 saturated heterocycles. The molecule has 0 atom stereocenters. The smallest absolute Gasteiger partial charge is 0.219 e. The quantitative estimate of drug-likeness (QED) is 0.426. The van der Waals surface area contributed by atoms with Gasteiger partial charge < -0.3 is 10.8 Å². The maximum atomic E-state index is 9.66. The summed E-state index contributed by atoms with van der Waals surface area (Å²) in [4.78, 5) is 9.66. The number of carbonyl (C=O) groups excluding carboxylic acids is 1. The number of carbonyl (C=O) groups is 1. The summed E-state index contributed by atoms with van der Waals surface area (Å²) < 4.78 is 0. The summed E-state index contributed by atoms with van der Waals surface area (Å²) in [6.07, 6.45) is 0.0694. The molecule has 0 aromatic carbocycles. The first-order valence-corrected chi connectivity index (χ1v) is 1.66. The molecule has 3 N–H and O–H groups in total. The first kappa shape index (κ1) is 10.4. The Balaban J connectivity index is 0. The average Bonchev–Trinajstić information content (AvgIpc) is 1.35. The molecule has 0 aromatic rings. The van der Waals surface area contributed by atoms with Crippen LogP contribution >= 0.6 is 0 Å². The number of hydrogen-bond donors (Lipinski definition) is 2. The Kier molecular flexibility index (Phi) is 9.57. The second kappa shape index (κ2) is 6.43. The Labute approximate surface area is 64.2 Å². The molecule has 1 radical (unpaired) electrons. The zero-order valence-corrected chi connectivity index (χ0v) is 6.35. The third kappa shape index (κ3) is 10.7. The molecule has 0 rings (SSSR count). The minimum Gasteiger partial charge on any atom is -0.396 e. The topological polar surface area (TPSA) is 63.3 Å². The van der Waals surface area contributed by atoms with Crippen LogP contribution in [0.1, 0.15) is 6.42 Å². The van der Waals surface area contributed by atoms with Crippen molar-refractivity contribution >= 4 is 35.5 Å². The number of hydrogen-bond acceptors (Lipinski definition) is 2. The van der Waals surface area contributed by atoms with Gasteiger partial charge in [0.15, 0.2) is 0 Å². The van der Waals surface area contributed by atoms with E-state index in [9.17, 15) is 4.79 Å². The van der Waals surface area contributed by atoms with Crippen molar-refractivity contribution in [3.05, 3.63) is 0 Å². The van der Waals surface area contributed by atoms with E-state index in [1.165, 1.54) is 0 Å². The van der Waals surface area contributed by atoms with Crippen molar-refractivity contribution < 1.29 is 9.90 Å². The van der Waals surface area contributed by atoms with Crippen LogP contribution in [0.2, 0.25) is 0 Å². The van der Waals surface area contributed by atoms with E-state index in [2.05, 4.69) is 5.73 Å². The van der Waals surface area contributed by atoms with Gasteiger partial charge in [0.2, 0.25) is 5.91 Å². The van der Waals surface area contributed by atoms with E-state index in [1.54, 1.807) is 0 Å². The maximum absolute atomic E-state index is 9.66. The van der Waals surface area contributed by atoms with E-state index in [0.29, 0.717) is 0 Å². The summed E-state index contributed by atoms with van der Waals surface area (Å²) >= 11 is 0. The Morgan fingerprint density at radius 2 is 2.14 bits per heavy atom. The van der Waals surface area contributed by atoms with Gasteiger partial charge >= 0.3 is 0 Å². The van der Waals surface area contributed by atoms with Crippen LogP contribution in [0.3, 0.4) is 0 Å². The molecule has 0 aliphatic heterocycles.